The van der Waals surface area contributed by atoms with Crippen LogP contribution >= 0.6 is 0 Å². The molecule has 0 unspecified atom stereocenters. The molecule has 0 aliphatic heterocycles. The molecule has 0 aliphatic carbocycles. The number of nitrogen functional groups attached to an aromatic ring is 1. The highest BCUT2D eigenvalue weighted by molar-refractivity contribution is 5.38. The van der Waals surface area contributed by atoms with Gasteiger partial charge < -0.3 is 5.73 Å². The van der Waals surface area contributed by atoms with Crippen molar-refractivity contribution in [2.75, 3.05) is 5.73 Å². The van der Waals surface area contributed by atoms with Gasteiger partial charge in [0.25, 0.3) is 0 Å². The van der Waals surface area contributed by atoms with Gasteiger partial charge in [-0.25, -0.2) is 4.98 Å². The summed E-state index contributed by atoms with van der Waals surface area (Å²) in [6.07, 6.45) is 13.7. The third kappa shape index (κ3) is 6.30. The molecule has 2 heteroatoms. The van der Waals surface area contributed by atoms with Crippen LogP contribution in [0.5, 0.6) is 0 Å². The number of anilines is 1. The van der Waals surface area contributed by atoms with Crippen molar-refractivity contribution >= 4 is 5.82 Å². The van der Waals surface area contributed by atoms with Gasteiger partial charge in [-0.1, -0.05) is 57.9 Å². The van der Waals surface area contributed by atoms with E-state index in [0.29, 0.717) is 5.82 Å². The van der Waals surface area contributed by atoms with E-state index in [4.69, 9.17) is 5.73 Å². The van der Waals surface area contributed by atoms with Gasteiger partial charge in [0, 0.05) is 6.20 Å². The molecule has 0 saturated carbocycles. The molecule has 17 heavy (non-hydrogen) atoms. The van der Waals surface area contributed by atoms with Crippen molar-refractivity contribution in [3.8, 4) is 0 Å². The Morgan fingerprint density at radius 3 is 2.29 bits per heavy atom. The first-order valence-electron chi connectivity index (χ1n) is 7.04. The summed E-state index contributed by atoms with van der Waals surface area (Å²) in [6, 6.07) is 4.06. The zero-order valence-corrected chi connectivity index (χ0v) is 11.1. The first kappa shape index (κ1) is 14.0. The molecule has 0 aromatic carbocycles. The first-order valence-corrected chi connectivity index (χ1v) is 7.04. The van der Waals surface area contributed by atoms with Crippen molar-refractivity contribution in [2.45, 2.75) is 64.7 Å². The third-order valence-corrected chi connectivity index (χ3v) is 3.23. The van der Waals surface area contributed by atoms with E-state index in [1.807, 2.05) is 6.07 Å². The molecule has 0 saturated heterocycles. The van der Waals surface area contributed by atoms with Crippen molar-refractivity contribution in [3.63, 3.8) is 0 Å². The number of hydrogen-bond acceptors (Lipinski definition) is 2. The SMILES string of the molecule is CCCCCCCCCCc1cccnc1N. The number of aromatic nitrogens is 1. The van der Waals surface area contributed by atoms with Crippen LogP contribution in [0.3, 0.4) is 0 Å². The molecular formula is C15H26N2. The first-order chi connectivity index (χ1) is 8.34. The Morgan fingerprint density at radius 1 is 1.00 bits per heavy atom. The number of nitrogens with two attached hydrogens (primary N) is 1. The highest BCUT2D eigenvalue weighted by Crippen LogP contribution is 2.13. The summed E-state index contributed by atoms with van der Waals surface area (Å²) >= 11 is 0. The van der Waals surface area contributed by atoms with Gasteiger partial charge in [0.2, 0.25) is 0 Å². The standard InChI is InChI=1S/C15H26N2/c1-2-3-4-5-6-7-8-9-11-14-12-10-13-17-15(14)16/h10,12-13H,2-9,11H2,1H3,(H2,16,17). The third-order valence-electron chi connectivity index (χ3n) is 3.23. The average molecular weight is 234 g/mol. The predicted molar refractivity (Wildman–Crippen MR) is 75.0 cm³/mol. The molecule has 0 aliphatic rings. The Bertz CT molecular complexity index is 297. The van der Waals surface area contributed by atoms with Crippen LogP contribution in [0.25, 0.3) is 0 Å². The molecule has 0 atom stereocenters. The van der Waals surface area contributed by atoms with Crippen LogP contribution in [0.4, 0.5) is 5.82 Å². The second kappa shape index (κ2) is 9.03. The van der Waals surface area contributed by atoms with Gasteiger partial charge in [-0.05, 0) is 24.5 Å². The van der Waals surface area contributed by atoms with E-state index in [-0.39, 0.29) is 0 Å². The molecule has 96 valence electrons. The summed E-state index contributed by atoms with van der Waals surface area (Å²) in [5, 5.41) is 0. The number of hydrogen-bond donors (Lipinski definition) is 1. The van der Waals surface area contributed by atoms with Gasteiger partial charge in [-0.2, -0.15) is 0 Å². The second-order valence-electron chi connectivity index (χ2n) is 4.77. The van der Waals surface area contributed by atoms with Crippen molar-refractivity contribution in [3.05, 3.63) is 23.9 Å². The smallest absolute Gasteiger partial charge is 0.126 e. The van der Waals surface area contributed by atoms with Gasteiger partial charge in [-0.3, -0.25) is 0 Å². The normalized spacial score (nSPS) is 10.6. The fourth-order valence-corrected chi connectivity index (χ4v) is 2.11. The van der Waals surface area contributed by atoms with Crippen LogP contribution in [-0.4, -0.2) is 4.98 Å². The van der Waals surface area contributed by atoms with E-state index in [1.165, 1.54) is 56.9 Å². The average Bonchev–Trinajstić information content (AvgIpc) is 2.35. The predicted octanol–water partition coefficient (Wildman–Crippen LogP) is 4.35. The quantitative estimate of drug-likeness (QED) is 0.645. The lowest BCUT2D eigenvalue weighted by Gasteiger charge is -2.04. The topological polar surface area (TPSA) is 38.9 Å². The Morgan fingerprint density at radius 2 is 1.65 bits per heavy atom. The number of pyridine rings is 1. The molecule has 0 fully saturated rings. The minimum atomic E-state index is 0.704. The second-order valence-corrected chi connectivity index (χ2v) is 4.77. The zero-order valence-electron chi connectivity index (χ0n) is 11.1. The maximum Gasteiger partial charge on any atom is 0.126 e. The molecule has 2 nitrogen and oxygen atoms in total. The Labute approximate surface area is 106 Å². The molecule has 0 amide bonds. The molecular weight excluding hydrogens is 208 g/mol. The Kier molecular flexibility index (Phi) is 7.44. The summed E-state index contributed by atoms with van der Waals surface area (Å²) in [5.74, 6) is 0.704. The highest BCUT2D eigenvalue weighted by Gasteiger charge is 1.98. The largest absolute Gasteiger partial charge is 0.383 e. The van der Waals surface area contributed by atoms with Gasteiger partial charge in [0.05, 0.1) is 0 Å². The number of nitrogens with zero attached hydrogens (tertiary/aromatic N) is 1. The number of aryl methyl sites for hydroxylation is 1. The molecule has 0 bridgehead atoms. The van der Waals surface area contributed by atoms with Crippen LogP contribution < -0.4 is 5.73 Å². The lowest BCUT2D eigenvalue weighted by Crippen LogP contribution is -1.97. The fraction of sp³-hybridized carbons (Fsp3) is 0.667. The van der Waals surface area contributed by atoms with E-state index in [2.05, 4.69) is 18.0 Å². The number of rotatable bonds is 9. The highest BCUT2D eigenvalue weighted by atomic mass is 14.8. The van der Waals surface area contributed by atoms with E-state index < -0.39 is 0 Å². The van der Waals surface area contributed by atoms with Crippen LogP contribution in [0, 0.1) is 0 Å². The minimum absolute atomic E-state index is 0.704. The zero-order chi connectivity index (χ0) is 12.3. The monoisotopic (exact) mass is 234 g/mol. The van der Waals surface area contributed by atoms with Crippen molar-refractivity contribution in [1.82, 2.24) is 4.98 Å². The summed E-state index contributed by atoms with van der Waals surface area (Å²) in [6.45, 7) is 2.26. The molecule has 1 aromatic rings. The van der Waals surface area contributed by atoms with Gasteiger partial charge in [0.15, 0.2) is 0 Å². The molecule has 0 spiro atoms. The van der Waals surface area contributed by atoms with Crippen molar-refractivity contribution in [2.24, 2.45) is 0 Å². The van der Waals surface area contributed by atoms with Crippen LogP contribution in [-0.2, 0) is 6.42 Å². The summed E-state index contributed by atoms with van der Waals surface area (Å²) in [7, 11) is 0. The van der Waals surface area contributed by atoms with E-state index in [9.17, 15) is 0 Å². The summed E-state index contributed by atoms with van der Waals surface area (Å²) in [5.41, 5.74) is 7.01. The van der Waals surface area contributed by atoms with E-state index >= 15 is 0 Å². The minimum Gasteiger partial charge on any atom is -0.383 e. The summed E-state index contributed by atoms with van der Waals surface area (Å²) in [4.78, 5) is 4.11. The molecule has 1 heterocycles. The van der Waals surface area contributed by atoms with Crippen LogP contribution in [0.1, 0.15) is 63.9 Å². The molecule has 0 radical (unpaired) electrons. The van der Waals surface area contributed by atoms with Gasteiger partial charge in [0.1, 0.15) is 5.82 Å². The lowest BCUT2D eigenvalue weighted by molar-refractivity contribution is 0.575. The fourth-order valence-electron chi connectivity index (χ4n) is 2.11. The Balaban J connectivity index is 1.99. The van der Waals surface area contributed by atoms with Crippen molar-refractivity contribution < 1.29 is 0 Å². The maximum atomic E-state index is 5.81. The van der Waals surface area contributed by atoms with Crippen LogP contribution in [0.2, 0.25) is 0 Å². The lowest BCUT2D eigenvalue weighted by atomic mass is 10.0. The number of unbranched alkanes of at least 4 members (excludes halogenated alkanes) is 7. The van der Waals surface area contributed by atoms with E-state index in [1.54, 1.807) is 6.20 Å². The summed E-state index contributed by atoms with van der Waals surface area (Å²) < 4.78 is 0. The maximum absolute atomic E-state index is 5.81. The molecule has 1 rings (SSSR count). The van der Waals surface area contributed by atoms with Crippen LogP contribution in [0.15, 0.2) is 18.3 Å². The van der Waals surface area contributed by atoms with Crippen molar-refractivity contribution in [1.29, 1.82) is 0 Å². The molecule has 1 aromatic heterocycles. The van der Waals surface area contributed by atoms with Gasteiger partial charge in [-0.15, -0.1) is 0 Å². The Hall–Kier alpha value is -1.05. The van der Waals surface area contributed by atoms with E-state index in [0.717, 1.165) is 6.42 Å². The van der Waals surface area contributed by atoms with Gasteiger partial charge >= 0.3 is 0 Å². The molecule has 2 N–H and O–H groups in total.